The molecule has 3 nitrogen and oxygen atoms in total. The number of Topliss-reactive ketones (excluding diaryl/α,β-unsaturated/α-hetero) is 1. The number of hydrogen-bond acceptors (Lipinski definition) is 3. The van der Waals surface area contributed by atoms with Gasteiger partial charge in [0.2, 0.25) is 5.91 Å². The number of amides is 1. The molecule has 0 bridgehead atoms. The van der Waals surface area contributed by atoms with Crippen LogP contribution in [0.5, 0.6) is 0 Å². The van der Waals surface area contributed by atoms with Crippen LogP contribution in [0.1, 0.15) is 24.2 Å². The highest BCUT2D eigenvalue weighted by Gasteiger charge is 2.18. The number of halogens is 1. The minimum atomic E-state index is -0.489. The summed E-state index contributed by atoms with van der Waals surface area (Å²) >= 11 is 1.14. The fourth-order valence-electron chi connectivity index (χ4n) is 1.92. The zero-order valence-electron chi connectivity index (χ0n) is 12.3. The minimum absolute atomic E-state index is 0.120. The molecule has 1 N–H and O–H groups in total. The predicted molar refractivity (Wildman–Crippen MR) is 86.8 cm³/mol. The van der Waals surface area contributed by atoms with Gasteiger partial charge >= 0.3 is 0 Å². The maximum atomic E-state index is 13.6. The van der Waals surface area contributed by atoms with E-state index in [-0.39, 0.29) is 17.5 Å². The molecular formula is C17H16FNO2S. The lowest BCUT2D eigenvalue weighted by molar-refractivity contribution is -0.115. The van der Waals surface area contributed by atoms with Gasteiger partial charge in [-0.1, -0.05) is 24.3 Å². The van der Waals surface area contributed by atoms with Crippen LogP contribution in [-0.2, 0) is 4.79 Å². The molecule has 0 saturated heterocycles. The van der Waals surface area contributed by atoms with Crippen molar-refractivity contribution in [3.8, 4) is 0 Å². The van der Waals surface area contributed by atoms with Crippen molar-refractivity contribution >= 4 is 29.1 Å². The second-order valence-electron chi connectivity index (χ2n) is 4.78. The van der Waals surface area contributed by atoms with Crippen LogP contribution in [0.4, 0.5) is 10.1 Å². The van der Waals surface area contributed by atoms with Crippen LogP contribution in [0.3, 0.4) is 0 Å². The third-order valence-electron chi connectivity index (χ3n) is 3.07. The number of hydrogen-bond donors (Lipinski definition) is 1. The standard InChI is InChI=1S/C17H16FNO2S/c1-11(20)13-7-3-5-9-15(13)19-17(21)12(2)22-16-10-6-4-8-14(16)18/h3-10,12H,1-2H3,(H,19,21). The summed E-state index contributed by atoms with van der Waals surface area (Å²) in [5.74, 6) is -0.747. The largest absolute Gasteiger partial charge is 0.324 e. The molecule has 22 heavy (non-hydrogen) atoms. The third-order valence-corrected chi connectivity index (χ3v) is 4.23. The second-order valence-corrected chi connectivity index (χ2v) is 6.16. The molecular weight excluding hydrogens is 301 g/mol. The Morgan fingerprint density at radius 1 is 1.09 bits per heavy atom. The molecule has 2 rings (SSSR count). The quantitative estimate of drug-likeness (QED) is 0.665. The Bertz CT molecular complexity index is 703. The molecule has 0 aromatic heterocycles. The van der Waals surface area contributed by atoms with E-state index in [0.29, 0.717) is 16.1 Å². The zero-order chi connectivity index (χ0) is 16.1. The van der Waals surface area contributed by atoms with E-state index in [4.69, 9.17) is 0 Å². The topological polar surface area (TPSA) is 46.2 Å². The van der Waals surface area contributed by atoms with E-state index in [0.717, 1.165) is 11.8 Å². The molecule has 0 saturated carbocycles. The summed E-state index contributed by atoms with van der Waals surface area (Å²) in [5.41, 5.74) is 0.930. The van der Waals surface area contributed by atoms with Crippen LogP contribution in [0.2, 0.25) is 0 Å². The van der Waals surface area contributed by atoms with Crippen molar-refractivity contribution in [2.45, 2.75) is 24.0 Å². The highest BCUT2D eigenvalue weighted by Crippen LogP contribution is 2.27. The van der Waals surface area contributed by atoms with Crippen LogP contribution >= 0.6 is 11.8 Å². The number of benzene rings is 2. The summed E-state index contributed by atoms with van der Waals surface area (Å²) in [6.07, 6.45) is 0. The first-order valence-electron chi connectivity index (χ1n) is 6.81. The number of thioether (sulfide) groups is 1. The summed E-state index contributed by atoms with van der Waals surface area (Å²) < 4.78 is 13.6. The van der Waals surface area contributed by atoms with Gasteiger partial charge in [0.25, 0.3) is 0 Å². The lowest BCUT2D eigenvalue weighted by Crippen LogP contribution is -2.23. The smallest absolute Gasteiger partial charge is 0.237 e. The van der Waals surface area contributed by atoms with Gasteiger partial charge in [0.05, 0.1) is 10.9 Å². The molecule has 0 heterocycles. The number of anilines is 1. The number of carbonyl (C=O) groups is 2. The summed E-state index contributed by atoms with van der Waals surface area (Å²) in [5, 5.41) is 2.24. The van der Waals surface area contributed by atoms with Crippen molar-refractivity contribution in [1.82, 2.24) is 0 Å². The fraction of sp³-hybridized carbons (Fsp3) is 0.176. The normalized spacial score (nSPS) is 11.8. The van der Waals surface area contributed by atoms with E-state index in [1.54, 1.807) is 49.4 Å². The Hall–Kier alpha value is -2.14. The molecule has 2 aromatic rings. The predicted octanol–water partition coefficient (Wildman–Crippen LogP) is 4.15. The van der Waals surface area contributed by atoms with Gasteiger partial charge in [0.15, 0.2) is 5.78 Å². The SMILES string of the molecule is CC(=O)c1ccccc1NC(=O)C(C)Sc1ccccc1F. The molecule has 1 amide bonds. The monoisotopic (exact) mass is 317 g/mol. The van der Waals surface area contributed by atoms with E-state index < -0.39 is 5.25 Å². The zero-order valence-corrected chi connectivity index (χ0v) is 13.1. The molecule has 5 heteroatoms. The van der Waals surface area contributed by atoms with Gasteiger partial charge < -0.3 is 5.32 Å². The van der Waals surface area contributed by atoms with Crippen LogP contribution in [0.25, 0.3) is 0 Å². The number of rotatable bonds is 5. The molecule has 0 radical (unpaired) electrons. The van der Waals surface area contributed by atoms with E-state index in [1.165, 1.54) is 13.0 Å². The molecule has 0 aliphatic carbocycles. The van der Waals surface area contributed by atoms with Crippen LogP contribution < -0.4 is 5.32 Å². The van der Waals surface area contributed by atoms with E-state index in [2.05, 4.69) is 5.32 Å². The average molecular weight is 317 g/mol. The molecule has 1 atom stereocenters. The van der Waals surface area contributed by atoms with Gasteiger partial charge in [-0.15, -0.1) is 11.8 Å². The van der Waals surface area contributed by atoms with E-state index in [1.807, 2.05) is 0 Å². The van der Waals surface area contributed by atoms with Gasteiger partial charge in [0, 0.05) is 10.5 Å². The first-order chi connectivity index (χ1) is 10.5. The van der Waals surface area contributed by atoms with Crippen molar-refractivity contribution in [1.29, 1.82) is 0 Å². The molecule has 0 spiro atoms. The summed E-state index contributed by atoms with van der Waals surface area (Å²) in [6, 6.07) is 13.1. The highest BCUT2D eigenvalue weighted by atomic mass is 32.2. The lowest BCUT2D eigenvalue weighted by Gasteiger charge is -2.14. The molecule has 0 aliphatic rings. The third kappa shape index (κ3) is 3.95. The number of ketones is 1. The first-order valence-corrected chi connectivity index (χ1v) is 7.69. The summed E-state index contributed by atoms with van der Waals surface area (Å²) in [6.45, 7) is 3.14. The van der Waals surface area contributed by atoms with E-state index >= 15 is 0 Å². The number of para-hydroxylation sites is 1. The molecule has 0 fully saturated rings. The molecule has 1 unspecified atom stereocenters. The van der Waals surface area contributed by atoms with Gasteiger partial charge in [-0.25, -0.2) is 4.39 Å². The number of carbonyl (C=O) groups excluding carboxylic acids is 2. The maximum absolute atomic E-state index is 13.6. The van der Waals surface area contributed by atoms with Crippen molar-refractivity contribution < 1.29 is 14.0 Å². The van der Waals surface area contributed by atoms with Gasteiger partial charge in [-0.2, -0.15) is 0 Å². The van der Waals surface area contributed by atoms with Crippen LogP contribution in [0.15, 0.2) is 53.4 Å². The highest BCUT2D eigenvalue weighted by molar-refractivity contribution is 8.00. The summed E-state index contributed by atoms with van der Waals surface area (Å²) in [4.78, 5) is 24.2. The molecule has 114 valence electrons. The Balaban J connectivity index is 2.09. The minimum Gasteiger partial charge on any atom is -0.324 e. The number of nitrogens with one attached hydrogen (secondary N) is 1. The van der Waals surface area contributed by atoms with Crippen LogP contribution in [-0.4, -0.2) is 16.9 Å². The summed E-state index contributed by atoms with van der Waals surface area (Å²) in [7, 11) is 0. The lowest BCUT2D eigenvalue weighted by atomic mass is 10.1. The Morgan fingerprint density at radius 3 is 2.41 bits per heavy atom. The van der Waals surface area contributed by atoms with Crippen molar-refractivity contribution in [3.05, 3.63) is 59.9 Å². The first kappa shape index (κ1) is 16.2. The Morgan fingerprint density at radius 2 is 1.73 bits per heavy atom. The van der Waals surface area contributed by atoms with Gasteiger partial charge in [0.1, 0.15) is 5.82 Å². The second kappa shape index (κ2) is 7.22. The van der Waals surface area contributed by atoms with Crippen molar-refractivity contribution in [3.63, 3.8) is 0 Å². The van der Waals surface area contributed by atoms with Crippen molar-refractivity contribution in [2.24, 2.45) is 0 Å². The maximum Gasteiger partial charge on any atom is 0.237 e. The fourth-order valence-corrected chi connectivity index (χ4v) is 2.80. The van der Waals surface area contributed by atoms with Gasteiger partial charge in [-0.05, 0) is 38.1 Å². The molecule has 0 aliphatic heterocycles. The van der Waals surface area contributed by atoms with Crippen LogP contribution in [0, 0.1) is 5.82 Å². The Labute approximate surface area is 132 Å². The Kier molecular flexibility index (Phi) is 5.33. The van der Waals surface area contributed by atoms with Crippen molar-refractivity contribution in [2.75, 3.05) is 5.32 Å². The average Bonchev–Trinajstić information content (AvgIpc) is 2.49. The van der Waals surface area contributed by atoms with E-state index in [9.17, 15) is 14.0 Å². The van der Waals surface area contributed by atoms with Gasteiger partial charge in [-0.3, -0.25) is 9.59 Å². The molecule has 2 aromatic carbocycles.